The maximum atomic E-state index is 12.7. The van der Waals surface area contributed by atoms with Crippen molar-refractivity contribution < 1.29 is 14.3 Å². The Morgan fingerprint density at radius 1 is 1.06 bits per heavy atom. The maximum absolute atomic E-state index is 12.7. The Bertz CT molecular complexity index is 1120. The molecule has 0 spiro atoms. The van der Waals surface area contributed by atoms with Gasteiger partial charge >= 0.3 is 0 Å². The second-order valence-electron chi connectivity index (χ2n) is 7.49. The summed E-state index contributed by atoms with van der Waals surface area (Å²) in [5.74, 6) is 1.96. The Kier molecular flexibility index (Phi) is 6.15. The zero-order chi connectivity index (χ0) is 21.9. The normalized spacial score (nSPS) is 15.8. The summed E-state index contributed by atoms with van der Waals surface area (Å²) in [5.41, 5.74) is 1.94. The summed E-state index contributed by atoms with van der Waals surface area (Å²) < 4.78 is 12.4. The number of hydrogen-bond acceptors (Lipinski definition) is 8. The standard InChI is InChI=1S/C21H21ClN6O3S/c22-16-2-1-3-17(11-16)28-21(23-24-25-28)32-13-20(29)27-8-6-26(7-9-27)12-15-4-5-18-19(10-15)31-14-30-18/h1-5,10-11H,6-9,12-14H2. The van der Waals surface area contributed by atoms with E-state index < -0.39 is 0 Å². The molecular weight excluding hydrogens is 452 g/mol. The minimum absolute atomic E-state index is 0.0818. The third-order valence-corrected chi connectivity index (χ3v) is 6.53. The number of aromatic nitrogens is 4. The van der Waals surface area contributed by atoms with Crippen LogP contribution in [0.3, 0.4) is 0 Å². The molecule has 0 saturated carbocycles. The van der Waals surface area contributed by atoms with Crippen molar-refractivity contribution in [1.29, 1.82) is 0 Å². The number of rotatable bonds is 6. The molecule has 0 radical (unpaired) electrons. The van der Waals surface area contributed by atoms with Gasteiger partial charge in [-0.05, 0) is 46.3 Å². The van der Waals surface area contributed by atoms with Gasteiger partial charge in [0.05, 0.1) is 11.4 Å². The van der Waals surface area contributed by atoms with Gasteiger partial charge in [-0.2, -0.15) is 4.68 Å². The summed E-state index contributed by atoms with van der Waals surface area (Å²) in [5, 5.41) is 13.0. The highest BCUT2D eigenvalue weighted by Gasteiger charge is 2.23. The molecule has 1 amide bonds. The molecule has 166 valence electrons. The predicted molar refractivity (Wildman–Crippen MR) is 119 cm³/mol. The highest BCUT2D eigenvalue weighted by Crippen LogP contribution is 2.33. The smallest absolute Gasteiger partial charge is 0.233 e. The van der Waals surface area contributed by atoms with Crippen LogP contribution >= 0.6 is 23.4 Å². The quantitative estimate of drug-likeness (QED) is 0.506. The van der Waals surface area contributed by atoms with Gasteiger partial charge in [0.15, 0.2) is 11.5 Å². The van der Waals surface area contributed by atoms with Gasteiger partial charge in [0.1, 0.15) is 0 Å². The molecule has 9 nitrogen and oxygen atoms in total. The first-order valence-corrected chi connectivity index (χ1v) is 11.6. The molecule has 3 aromatic rings. The summed E-state index contributed by atoms with van der Waals surface area (Å²) >= 11 is 7.39. The van der Waals surface area contributed by atoms with Crippen molar-refractivity contribution >= 4 is 29.3 Å². The molecule has 2 aromatic carbocycles. The second-order valence-corrected chi connectivity index (χ2v) is 8.87. The van der Waals surface area contributed by atoms with Gasteiger partial charge in [0.25, 0.3) is 0 Å². The lowest BCUT2D eigenvalue weighted by atomic mass is 10.1. The number of carbonyl (C=O) groups is 1. The Hall–Kier alpha value is -2.82. The van der Waals surface area contributed by atoms with Crippen LogP contribution in [0.2, 0.25) is 5.02 Å². The van der Waals surface area contributed by atoms with Crippen LogP contribution in [0.15, 0.2) is 47.6 Å². The van der Waals surface area contributed by atoms with Gasteiger partial charge < -0.3 is 14.4 Å². The predicted octanol–water partition coefficient (Wildman–Crippen LogP) is 2.48. The number of fused-ring (bicyclic) bond motifs is 1. The van der Waals surface area contributed by atoms with E-state index >= 15 is 0 Å². The average Bonchev–Trinajstić information content (AvgIpc) is 3.47. The first-order valence-electron chi connectivity index (χ1n) is 10.2. The van der Waals surface area contributed by atoms with Crippen molar-refractivity contribution in [3.63, 3.8) is 0 Å². The number of carbonyl (C=O) groups excluding carboxylic acids is 1. The molecule has 0 N–H and O–H groups in total. The topological polar surface area (TPSA) is 85.6 Å². The number of tetrazole rings is 1. The number of halogens is 1. The Labute approximate surface area is 194 Å². The average molecular weight is 473 g/mol. The maximum Gasteiger partial charge on any atom is 0.233 e. The molecule has 2 aliphatic rings. The molecule has 1 fully saturated rings. The summed E-state index contributed by atoms with van der Waals surface area (Å²) in [6.07, 6.45) is 0. The van der Waals surface area contributed by atoms with Crippen molar-refractivity contribution in [3.8, 4) is 17.2 Å². The number of piperazine rings is 1. The van der Waals surface area contributed by atoms with E-state index in [-0.39, 0.29) is 18.5 Å². The van der Waals surface area contributed by atoms with Gasteiger partial charge in [-0.25, -0.2) is 0 Å². The van der Waals surface area contributed by atoms with Crippen LogP contribution in [0.25, 0.3) is 5.69 Å². The number of ether oxygens (including phenoxy) is 2. The molecule has 3 heterocycles. The SMILES string of the molecule is O=C(CSc1nnnn1-c1cccc(Cl)c1)N1CCN(Cc2ccc3c(c2)OCO3)CC1. The molecule has 1 aromatic heterocycles. The molecular formula is C21H21ClN6O3S. The number of amides is 1. The van der Waals surface area contributed by atoms with Crippen LogP contribution in [0, 0.1) is 0 Å². The van der Waals surface area contributed by atoms with E-state index in [0.29, 0.717) is 23.3 Å². The molecule has 11 heteroatoms. The zero-order valence-electron chi connectivity index (χ0n) is 17.2. The first kappa shape index (κ1) is 21.0. The monoisotopic (exact) mass is 472 g/mol. The van der Waals surface area contributed by atoms with Crippen molar-refractivity contribution in [1.82, 2.24) is 30.0 Å². The summed E-state index contributed by atoms with van der Waals surface area (Å²) in [6, 6.07) is 13.3. The second kappa shape index (κ2) is 9.35. The Balaban J connectivity index is 1.12. The highest BCUT2D eigenvalue weighted by atomic mass is 35.5. The van der Waals surface area contributed by atoms with Crippen molar-refractivity contribution in [2.75, 3.05) is 38.7 Å². The van der Waals surface area contributed by atoms with Gasteiger partial charge in [-0.3, -0.25) is 9.69 Å². The van der Waals surface area contributed by atoms with E-state index in [2.05, 4.69) is 26.5 Å². The summed E-state index contributed by atoms with van der Waals surface area (Å²) in [6.45, 7) is 4.15. The molecule has 1 saturated heterocycles. The zero-order valence-corrected chi connectivity index (χ0v) is 18.8. The fourth-order valence-corrected chi connectivity index (χ4v) is 4.69. The van der Waals surface area contributed by atoms with Crippen LogP contribution in [0.4, 0.5) is 0 Å². The van der Waals surface area contributed by atoms with Gasteiger partial charge in [-0.15, -0.1) is 5.10 Å². The van der Waals surface area contributed by atoms with Crippen LogP contribution in [0.5, 0.6) is 11.5 Å². The lowest BCUT2D eigenvalue weighted by molar-refractivity contribution is -0.130. The summed E-state index contributed by atoms with van der Waals surface area (Å²) in [7, 11) is 0. The molecule has 32 heavy (non-hydrogen) atoms. The van der Waals surface area contributed by atoms with Gasteiger partial charge in [0.2, 0.25) is 17.9 Å². The number of nitrogens with zero attached hydrogens (tertiary/aromatic N) is 6. The number of hydrogen-bond donors (Lipinski definition) is 0. The van der Waals surface area contributed by atoms with Crippen molar-refractivity contribution in [2.45, 2.75) is 11.7 Å². The minimum atomic E-state index is 0.0818. The van der Waals surface area contributed by atoms with Crippen LogP contribution in [-0.4, -0.2) is 74.6 Å². The minimum Gasteiger partial charge on any atom is -0.454 e. The molecule has 0 unspecified atom stereocenters. The van der Waals surface area contributed by atoms with Crippen molar-refractivity contribution in [3.05, 3.63) is 53.1 Å². The fraction of sp³-hybridized carbons (Fsp3) is 0.333. The van der Waals surface area contributed by atoms with E-state index in [9.17, 15) is 4.79 Å². The van der Waals surface area contributed by atoms with Crippen LogP contribution < -0.4 is 9.47 Å². The van der Waals surface area contributed by atoms with E-state index in [4.69, 9.17) is 21.1 Å². The molecule has 2 aliphatic heterocycles. The first-order chi connectivity index (χ1) is 15.7. The third-order valence-electron chi connectivity index (χ3n) is 5.39. The van der Waals surface area contributed by atoms with Gasteiger partial charge in [0, 0.05) is 37.7 Å². The van der Waals surface area contributed by atoms with E-state index in [1.54, 1.807) is 16.8 Å². The van der Waals surface area contributed by atoms with Crippen LogP contribution in [-0.2, 0) is 11.3 Å². The largest absolute Gasteiger partial charge is 0.454 e. The highest BCUT2D eigenvalue weighted by molar-refractivity contribution is 7.99. The lowest BCUT2D eigenvalue weighted by Gasteiger charge is -2.34. The third kappa shape index (κ3) is 4.67. The molecule has 0 bridgehead atoms. The number of thioether (sulfide) groups is 1. The summed E-state index contributed by atoms with van der Waals surface area (Å²) in [4.78, 5) is 17.0. The lowest BCUT2D eigenvalue weighted by Crippen LogP contribution is -2.48. The van der Waals surface area contributed by atoms with Crippen LogP contribution in [0.1, 0.15) is 5.56 Å². The molecule has 5 rings (SSSR count). The Morgan fingerprint density at radius 2 is 1.91 bits per heavy atom. The van der Waals surface area contributed by atoms with E-state index in [1.165, 1.54) is 17.3 Å². The molecule has 0 aliphatic carbocycles. The van der Waals surface area contributed by atoms with E-state index in [1.807, 2.05) is 29.2 Å². The number of benzene rings is 2. The molecule has 0 atom stereocenters. The van der Waals surface area contributed by atoms with Crippen molar-refractivity contribution in [2.24, 2.45) is 0 Å². The van der Waals surface area contributed by atoms with Gasteiger partial charge in [-0.1, -0.05) is 35.5 Å². The fourth-order valence-electron chi connectivity index (χ4n) is 3.71. The van der Waals surface area contributed by atoms with E-state index in [0.717, 1.165) is 36.8 Å². The Morgan fingerprint density at radius 3 is 2.75 bits per heavy atom.